The van der Waals surface area contributed by atoms with Gasteiger partial charge in [-0.15, -0.1) is 6.58 Å². The van der Waals surface area contributed by atoms with Crippen molar-refractivity contribution in [1.82, 2.24) is 0 Å². The smallest absolute Gasteiger partial charge is 0.0166 e. The van der Waals surface area contributed by atoms with Gasteiger partial charge in [0.15, 0.2) is 0 Å². The molecule has 0 radical (unpaired) electrons. The first-order valence-corrected chi connectivity index (χ1v) is 14.0. The molecule has 0 nitrogen and oxygen atoms in total. The topological polar surface area (TPSA) is 0 Å². The highest BCUT2D eigenvalue weighted by Gasteiger charge is 2.22. The van der Waals surface area contributed by atoms with E-state index in [4.69, 9.17) is 0 Å². The fraction of sp³-hybridized carbons (Fsp3) is 0.818. The van der Waals surface area contributed by atoms with Gasteiger partial charge in [-0.25, -0.2) is 0 Å². The van der Waals surface area contributed by atoms with E-state index < -0.39 is 0 Å². The highest BCUT2D eigenvalue weighted by Crippen LogP contribution is 2.35. The zero-order chi connectivity index (χ0) is 26.2. The van der Waals surface area contributed by atoms with E-state index in [0.29, 0.717) is 22.7 Å². The largest absolute Gasteiger partial charge is 0.103 e. The van der Waals surface area contributed by atoms with Gasteiger partial charge in [0.05, 0.1) is 0 Å². The zero-order valence-electron chi connectivity index (χ0n) is 25.2. The van der Waals surface area contributed by atoms with E-state index in [2.05, 4.69) is 95.4 Å². The standard InChI is InChI=1S/C30H58.C3H6/c1-23(2)18-19-27(22-29(8,9)10)21-28(26(7)24(3)4)17-15-13-14-16-20-30(11,12)25(5)6;1-3-2/h19,23-25,28H,7,13-18,20-22H2,1-6,8-12H3;3H,1H2,2H3/b27-19-;. The number of unbranched alkanes of at least 4 members (excludes halogenated alkanes) is 3. The van der Waals surface area contributed by atoms with E-state index in [1.54, 1.807) is 11.6 Å². The van der Waals surface area contributed by atoms with Crippen molar-refractivity contribution in [1.29, 1.82) is 0 Å². The van der Waals surface area contributed by atoms with E-state index in [-0.39, 0.29) is 0 Å². The van der Waals surface area contributed by atoms with E-state index in [1.807, 2.05) is 6.92 Å². The van der Waals surface area contributed by atoms with Crippen LogP contribution in [0.3, 0.4) is 0 Å². The second-order valence-corrected chi connectivity index (χ2v) is 13.4. The molecule has 0 aromatic rings. The number of allylic oxidation sites excluding steroid dienone is 4. The summed E-state index contributed by atoms with van der Waals surface area (Å²) in [6.07, 6.45) is 16.1. The van der Waals surface area contributed by atoms with Gasteiger partial charge in [0.25, 0.3) is 0 Å². The summed E-state index contributed by atoms with van der Waals surface area (Å²) in [6, 6.07) is 0. The van der Waals surface area contributed by atoms with Crippen molar-refractivity contribution in [3.8, 4) is 0 Å². The van der Waals surface area contributed by atoms with Gasteiger partial charge in [-0.2, -0.15) is 0 Å². The Labute approximate surface area is 211 Å². The Morgan fingerprint density at radius 1 is 0.848 bits per heavy atom. The number of hydrogen-bond acceptors (Lipinski definition) is 0. The Morgan fingerprint density at radius 3 is 1.79 bits per heavy atom. The Hall–Kier alpha value is -0.780. The lowest BCUT2D eigenvalue weighted by Crippen LogP contribution is -2.18. The van der Waals surface area contributed by atoms with Gasteiger partial charge in [-0.3, -0.25) is 0 Å². The molecule has 0 aromatic carbocycles. The lowest BCUT2D eigenvalue weighted by Gasteiger charge is -2.29. The molecule has 0 amide bonds. The number of hydrogen-bond donors (Lipinski definition) is 0. The molecule has 0 saturated carbocycles. The Balaban J connectivity index is 0. The van der Waals surface area contributed by atoms with Crippen molar-refractivity contribution in [2.45, 2.75) is 141 Å². The maximum absolute atomic E-state index is 4.54. The minimum Gasteiger partial charge on any atom is -0.103 e. The minimum absolute atomic E-state index is 0.357. The van der Waals surface area contributed by atoms with Gasteiger partial charge in [0, 0.05) is 0 Å². The van der Waals surface area contributed by atoms with Crippen LogP contribution in [0.2, 0.25) is 0 Å². The normalized spacial score (nSPS) is 13.8. The maximum atomic E-state index is 4.54. The molecular formula is C33H64. The van der Waals surface area contributed by atoms with Crippen molar-refractivity contribution in [3.63, 3.8) is 0 Å². The predicted octanol–water partition coefficient (Wildman–Crippen LogP) is 11.8. The van der Waals surface area contributed by atoms with Gasteiger partial charge < -0.3 is 0 Å². The molecule has 0 bridgehead atoms. The monoisotopic (exact) mass is 461 g/mol. The third-order valence-electron chi connectivity index (χ3n) is 7.10. The van der Waals surface area contributed by atoms with Gasteiger partial charge in [-0.05, 0) is 73.5 Å². The van der Waals surface area contributed by atoms with Crippen molar-refractivity contribution in [2.75, 3.05) is 0 Å². The molecule has 0 heteroatoms. The average Bonchev–Trinajstić information content (AvgIpc) is 2.66. The first-order valence-electron chi connectivity index (χ1n) is 14.0. The zero-order valence-corrected chi connectivity index (χ0v) is 25.2. The quantitative estimate of drug-likeness (QED) is 0.168. The molecular weight excluding hydrogens is 396 g/mol. The molecule has 0 aliphatic heterocycles. The summed E-state index contributed by atoms with van der Waals surface area (Å²) in [5.74, 6) is 2.75. The molecule has 0 aliphatic carbocycles. The van der Waals surface area contributed by atoms with Crippen LogP contribution in [0.1, 0.15) is 141 Å². The fourth-order valence-electron chi connectivity index (χ4n) is 4.13. The molecule has 0 aromatic heterocycles. The summed E-state index contributed by atoms with van der Waals surface area (Å²) in [5, 5.41) is 0. The molecule has 0 spiro atoms. The van der Waals surface area contributed by atoms with Crippen LogP contribution in [0.15, 0.2) is 36.5 Å². The molecule has 0 heterocycles. The third kappa shape index (κ3) is 19.2. The van der Waals surface area contributed by atoms with Crippen molar-refractivity contribution < 1.29 is 0 Å². The molecule has 33 heavy (non-hydrogen) atoms. The summed E-state index contributed by atoms with van der Waals surface area (Å²) in [7, 11) is 0. The van der Waals surface area contributed by atoms with Crippen LogP contribution < -0.4 is 0 Å². The summed E-state index contributed by atoms with van der Waals surface area (Å²) in [6.45, 7) is 35.8. The van der Waals surface area contributed by atoms with E-state index in [9.17, 15) is 0 Å². The molecule has 196 valence electrons. The summed E-state index contributed by atoms with van der Waals surface area (Å²) in [4.78, 5) is 0. The van der Waals surface area contributed by atoms with Crippen LogP contribution in [0.4, 0.5) is 0 Å². The van der Waals surface area contributed by atoms with Gasteiger partial charge in [-0.1, -0.05) is 132 Å². The fourth-order valence-corrected chi connectivity index (χ4v) is 4.13. The van der Waals surface area contributed by atoms with Gasteiger partial charge in [0.1, 0.15) is 0 Å². The SMILES string of the molecule is C=C(C(C)C)C(CCCCCCC(C)(C)C(C)C)C/C(=C/CC(C)C)CC(C)(C)C.C=CC. The summed E-state index contributed by atoms with van der Waals surface area (Å²) < 4.78 is 0. The molecule has 0 aliphatic rings. The van der Waals surface area contributed by atoms with E-state index in [0.717, 1.165) is 11.8 Å². The molecule has 1 unspecified atom stereocenters. The van der Waals surface area contributed by atoms with Crippen LogP contribution >= 0.6 is 0 Å². The van der Waals surface area contributed by atoms with Crippen molar-refractivity contribution in [3.05, 3.63) is 36.5 Å². The second kappa shape index (κ2) is 17.6. The maximum Gasteiger partial charge on any atom is -0.0166 e. The lowest BCUT2D eigenvalue weighted by atomic mass is 9.76. The highest BCUT2D eigenvalue weighted by atomic mass is 14.3. The minimum atomic E-state index is 0.357. The first kappa shape index (κ1) is 34.4. The van der Waals surface area contributed by atoms with Crippen LogP contribution in [0.25, 0.3) is 0 Å². The summed E-state index contributed by atoms with van der Waals surface area (Å²) in [5.41, 5.74) is 3.98. The van der Waals surface area contributed by atoms with Crippen molar-refractivity contribution in [2.24, 2.45) is 34.5 Å². The van der Waals surface area contributed by atoms with E-state index >= 15 is 0 Å². The highest BCUT2D eigenvalue weighted by molar-refractivity contribution is 5.13. The lowest BCUT2D eigenvalue weighted by molar-refractivity contribution is 0.220. The molecule has 0 rings (SSSR count). The molecule has 0 fully saturated rings. The molecule has 0 N–H and O–H groups in total. The van der Waals surface area contributed by atoms with Crippen molar-refractivity contribution >= 4 is 0 Å². The van der Waals surface area contributed by atoms with Gasteiger partial charge in [0.2, 0.25) is 0 Å². The first-order chi connectivity index (χ1) is 15.1. The molecule has 1 atom stereocenters. The van der Waals surface area contributed by atoms with Crippen LogP contribution in [0.5, 0.6) is 0 Å². The summed E-state index contributed by atoms with van der Waals surface area (Å²) >= 11 is 0. The van der Waals surface area contributed by atoms with Crippen LogP contribution in [-0.2, 0) is 0 Å². The average molecular weight is 461 g/mol. The van der Waals surface area contributed by atoms with E-state index in [1.165, 1.54) is 63.4 Å². The van der Waals surface area contributed by atoms with Crippen LogP contribution in [0, 0.1) is 34.5 Å². The Morgan fingerprint density at radius 2 is 1.36 bits per heavy atom. The van der Waals surface area contributed by atoms with Gasteiger partial charge >= 0.3 is 0 Å². The predicted molar refractivity (Wildman–Crippen MR) is 156 cm³/mol. The Bertz CT molecular complexity index is 533. The third-order valence-corrected chi connectivity index (χ3v) is 7.10. The van der Waals surface area contributed by atoms with Crippen LogP contribution in [-0.4, -0.2) is 0 Å². The second-order valence-electron chi connectivity index (χ2n) is 13.4. The Kier molecular flexibility index (Phi) is 18.4. The molecule has 0 saturated heterocycles. The number of rotatable bonds is 15.